The predicted molar refractivity (Wildman–Crippen MR) is 88.3 cm³/mol. The van der Waals surface area contributed by atoms with Crippen LogP contribution in [0.1, 0.15) is 32.7 Å². The van der Waals surface area contributed by atoms with Crippen molar-refractivity contribution in [3.8, 4) is 0 Å². The van der Waals surface area contributed by atoms with Crippen molar-refractivity contribution in [2.75, 3.05) is 5.75 Å². The number of nitrogens with zero attached hydrogens (tertiary/aromatic N) is 2. The zero-order chi connectivity index (χ0) is 15.7. The Labute approximate surface area is 133 Å². The Kier molecular flexibility index (Phi) is 4.20. The van der Waals surface area contributed by atoms with Gasteiger partial charge in [0.2, 0.25) is 5.91 Å². The molecule has 5 nitrogen and oxygen atoms in total. The number of hydrogen-bond donors (Lipinski definition) is 1. The Balaban J connectivity index is 1.92. The van der Waals surface area contributed by atoms with E-state index in [0.29, 0.717) is 16.1 Å². The van der Waals surface area contributed by atoms with Gasteiger partial charge in [-0.2, -0.15) is 0 Å². The zero-order valence-electron chi connectivity index (χ0n) is 12.7. The molecular formula is C16H19N3O2S. The molecule has 116 valence electrons. The first kappa shape index (κ1) is 15.1. The SMILES string of the molecule is CC(C)NC(=O)CSc1nc2ccccc2c(=O)n1C1CC1. The number of rotatable bonds is 5. The van der Waals surface area contributed by atoms with Crippen LogP contribution >= 0.6 is 11.8 Å². The fraction of sp³-hybridized carbons (Fsp3) is 0.438. The van der Waals surface area contributed by atoms with Crippen molar-refractivity contribution < 1.29 is 4.79 Å². The minimum Gasteiger partial charge on any atom is -0.353 e. The number of carbonyl (C=O) groups excluding carboxylic acids is 1. The number of carbonyl (C=O) groups is 1. The molecule has 1 aliphatic rings. The summed E-state index contributed by atoms with van der Waals surface area (Å²) in [4.78, 5) is 29.1. The molecule has 1 saturated carbocycles. The van der Waals surface area contributed by atoms with Crippen LogP contribution in [-0.2, 0) is 4.79 Å². The largest absolute Gasteiger partial charge is 0.353 e. The highest BCUT2D eigenvalue weighted by Gasteiger charge is 2.28. The highest BCUT2D eigenvalue weighted by Crippen LogP contribution is 2.36. The molecule has 1 fully saturated rings. The smallest absolute Gasteiger partial charge is 0.262 e. The minimum absolute atomic E-state index is 0.000122. The number of para-hydroxylation sites is 1. The number of benzene rings is 1. The molecule has 1 amide bonds. The lowest BCUT2D eigenvalue weighted by Crippen LogP contribution is -2.32. The summed E-state index contributed by atoms with van der Waals surface area (Å²) in [6.45, 7) is 3.86. The molecule has 22 heavy (non-hydrogen) atoms. The van der Waals surface area contributed by atoms with Crippen molar-refractivity contribution in [1.29, 1.82) is 0 Å². The first-order valence-electron chi connectivity index (χ1n) is 7.49. The van der Waals surface area contributed by atoms with Crippen LogP contribution in [-0.4, -0.2) is 27.3 Å². The summed E-state index contributed by atoms with van der Waals surface area (Å²) >= 11 is 1.33. The van der Waals surface area contributed by atoms with Gasteiger partial charge in [0.25, 0.3) is 5.56 Å². The van der Waals surface area contributed by atoms with E-state index in [2.05, 4.69) is 10.3 Å². The Hall–Kier alpha value is -1.82. The van der Waals surface area contributed by atoms with Crippen LogP contribution in [0.15, 0.2) is 34.2 Å². The van der Waals surface area contributed by atoms with Crippen molar-refractivity contribution in [2.24, 2.45) is 0 Å². The monoisotopic (exact) mass is 317 g/mol. The van der Waals surface area contributed by atoms with E-state index < -0.39 is 0 Å². The molecule has 0 bridgehead atoms. The van der Waals surface area contributed by atoms with E-state index in [4.69, 9.17) is 0 Å². The summed E-state index contributed by atoms with van der Waals surface area (Å²) in [7, 11) is 0. The van der Waals surface area contributed by atoms with Crippen LogP contribution in [0.4, 0.5) is 0 Å². The molecule has 1 aromatic carbocycles. The molecule has 0 unspecified atom stereocenters. The van der Waals surface area contributed by atoms with E-state index in [9.17, 15) is 9.59 Å². The van der Waals surface area contributed by atoms with Crippen molar-refractivity contribution in [1.82, 2.24) is 14.9 Å². The van der Waals surface area contributed by atoms with Gasteiger partial charge < -0.3 is 5.32 Å². The maximum atomic E-state index is 12.7. The van der Waals surface area contributed by atoms with Crippen molar-refractivity contribution >= 4 is 28.6 Å². The molecule has 0 saturated heterocycles. The number of amides is 1. The molecular weight excluding hydrogens is 298 g/mol. The van der Waals surface area contributed by atoms with Gasteiger partial charge in [0.15, 0.2) is 5.16 Å². The van der Waals surface area contributed by atoms with Gasteiger partial charge in [-0.3, -0.25) is 14.2 Å². The quantitative estimate of drug-likeness (QED) is 0.679. The maximum Gasteiger partial charge on any atom is 0.262 e. The summed E-state index contributed by atoms with van der Waals surface area (Å²) in [5, 5.41) is 4.14. The molecule has 1 N–H and O–H groups in total. The van der Waals surface area contributed by atoms with Crippen LogP contribution in [0.25, 0.3) is 10.9 Å². The highest BCUT2D eigenvalue weighted by atomic mass is 32.2. The second-order valence-corrected chi connectivity index (χ2v) is 6.77. The standard InChI is InChI=1S/C16H19N3O2S/c1-10(2)17-14(20)9-22-16-18-13-6-4-3-5-12(13)15(21)19(16)11-7-8-11/h3-6,10-11H,7-9H2,1-2H3,(H,17,20). The minimum atomic E-state index is -0.0373. The van der Waals surface area contributed by atoms with E-state index in [1.807, 2.05) is 38.1 Å². The van der Waals surface area contributed by atoms with Crippen LogP contribution in [0.5, 0.6) is 0 Å². The zero-order valence-corrected chi connectivity index (χ0v) is 13.5. The van der Waals surface area contributed by atoms with E-state index in [1.165, 1.54) is 11.8 Å². The number of nitrogens with one attached hydrogen (secondary N) is 1. The Morgan fingerprint density at radius 2 is 2.14 bits per heavy atom. The molecule has 3 rings (SSSR count). The number of aromatic nitrogens is 2. The van der Waals surface area contributed by atoms with Gasteiger partial charge in [-0.15, -0.1) is 0 Å². The Morgan fingerprint density at radius 1 is 1.41 bits per heavy atom. The second kappa shape index (κ2) is 6.12. The highest BCUT2D eigenvalue weighted by molar-refractivity contribution is 7.99. The molecule has 1 aliphatic carbocycles. The van der Waals surface area contributed by atoms with Crippen molar-refractivity contribution in [3.05, 3.63) is 34.6 Å². The Morgan fingerprint density at radius 3 is 2.82 bits per heavy atom. The van der Waals surface area contributed by atoms with Crippen molar-refractivity contribution in [2.45, 2.75) is 43.9 Å². The molecule has 1 aromatic heterocycles. The first-order chi connectivity index (χ1) is 10.6. The third-order valence-electron chi connectivity index (χ3n) is 3.47. The van der Waals surface area contributed by atoms with Crippen LogP contribution in [0.3, 0.4) is 0 Å². The number of thioether (sulfide) groups is 1. The molecule has 0 aliphatic heterocycles. The fourth-order valence-corrected chi connectivity index (χ4v) is 3.25. The lowest BCUT2D eigenvalue weighted by molar-refractivity contribution is -0.119. The predicted octanol–water partition coefficient (Wildman–Crippen LogP) is 2.35. The van der Waals surface area contributed by atoms with E-state index >= 15 is 0 Å². The molecule has 2 aromatic rings. The second-order valence-electron chi connectivity index (χ2n) is 5.83. The molecule has 0 radical (unpaired) electrons. The summed E-state index contributed by atoms with van der Waals surface area (Å²) in [5.41, 5.74) is 0.691. The van der Waals surface area contributed by atoms with Gasteiger partial charge in [-0.05, 0) is 38.8 Å². The molecule has 6 heteroatoms. The van der Waals surface area contributed by atoms with Crippen LogP contribution in [0, 0.1) is 0 Å². The van der Waals surface area contributed by atoms with Gasteiger partial charge >= 0.3 is 0 Å². The molecule has 0 atom stereocenters. The van der Waals surface area contributed by atoms with Gasteiger partial charge in [0.05, 0.1) is 16.7 Å². The lowest BCUT2D eigenvalue weighted by Gasteiger charge is -2.13. The maximum absolute atomic E-state index is 12.7. The van der Waals surface area contributed by atoms with Gasteiger partial charge in [0, 0.05) is 12.1 Å². The topological polar surface area (TPSA) is 64.0 Å². The average Bonchev–Trinajstić information content (AvgIpc) is 3.29. The van der Waals surface area contributed by atoms with E-state index in [0.717, 1.165) is 12.8 Å². The Bertz CT molecular complexity index is 766. The fourth-order valence-electron chi connectivity index (χ4n) is 2.38. The number of fused-ring (bicyclic) bond motifs is 1. The summed E-state index contributed by atoms with van der Waals surface area (Å²) in [6, 6.07) is 7.72. The van der Waals surface area contributed by atoms with Gasteiger partial charge in [-0.1, -0.05) is 23.9 Å². The third-order valence-corrected chi connectivity index (χ3v) is 4.42. The number of hydrogen-bond acceptors (Lipinski definition) is 4. The average molecular weight is 317 g/mol. The van der Waals surface area contributed by atoms with Crippen LogP contribution in [0.2, 0.25) is 0 Å². The van der Waals surface area contributed by atoms with Crippen LogP contribution < -0.4 is 10.9 Å². The van der Waals surface area contributed by atoms with E-state index in [-0.39, 0.29) is 29.3 Å². The summed E-state index contributed by atoms with van der Waals surface area (Å²) in [6.07, 6.45) is 2.01. The van der Waals surface area contributed by atoms with Crippen molar-refractivity contribution in [3.63, 3.8) is 0 Å². The summed E-state index contributed by atoms with van der Waals surface area (Å²) in [5.74, 6) is 0.236. The first-order valence-corrected chi connectivity index (χ1v) is 8.48. The lowest BCUT2D eigenvalue weighted by atomic mass is 10.2. The summed E-state index contributed by atoms with van der Waals surface area (Å²) < 4.78 is 1.76. The van der Waals surface area contributed by atoms with Gasteiger partial charge in [-0.25, -0.2) is 4.98 Å². The van der Waals surface area contributed by atoms with Gasteiger partial charge in [0.1, 0.15) is 0 Å². The molecule has 1 heterocycles. The van der Waals surface area contributed by atoms with E-state index in [1.54, 1.807) is 4.57 Å². The third kappa shape index (κ3) is 3.16. The molecule has 0 spiro atoms. The normalized spacial score (nSPS) is 14.5.